The second-order valence-electron chi connectivity index (χ2n) is 4.51. The van der Waals surface area contributed by atoms with Gasteiger partial charge in [-0.25, -0.2) is 4.79 Å². The van der Waals surface area contributed by atoms with Crippen LogP contribution in [0.4, 0.5) is 0 Å². The molecule has 0 fully saturated rings. The van der Waals surface area contributed by atoms with Gasteiger partial charge in [-0.05, 0) is 0 Å². The summed E-state index contributed by atoms with van der Waals surface area (Å²) in [5.41, 5.74) is 15.6. The van der Waals surface area contributed by atoms with Crippen molar-refractivity contribution < 1.29 is 19.3 Å². The van der Waals surface area contributed by atoms with Gasteiger partial charge in [0, 0.05) is 57.9 Å². The Balaban J connectivity index is 3.61. The minimum absolute atomic E-state index is 0.000439. The second-order valence-corrected chi connectivity index (χ2v) is 4.51. The molecular weight excluding hydrogens is 304 g/mol. The molecule has 0 unspecified atom stereocenters. The molecule has 0 aromatic carbocycles. The highest BCUT2D eigenvalue weighted by molar-refractivity contribution is 5.93. The molecule has 0 aliphatic carbocycles. The third kappa shape index (κ3) is 13.8. The Bertz CT molecular complexity index is 353. The van der Waals surface area contributed by atoms with E-state index in [1.807, 2.05) is 0 Å². The number of carbonyl (C=O) groups excluding carboxylic acids is 2. The first kappa shape index (κ1) is 21.4. The predicted molar refractivity (Wildman–Crippen MR) is 85.8 cm³/mol. The van der Waals surface area contributed by atoms with Crippen molar-refractivity contribution >= 4 is 11.9 Å². The van der Waals surface area contributed by atoms with Crippen LogP contribution in [-0.2, 0) is 19.3 Å². The van der Waals surface area contributed by atoms with E-state index in [1.54, 1.807) is 0 Å². The number of hydroxylamine groups is 2. The maximum absolute atomic E-state index is 11.5. The highest BCUT2D eigenvalue weighted by atomic mass is 16.7. The molecule has 0 aliphatic rings. The van der Waals surface area contributed by atoms with Crippen molar-refractivity contribution in [2.24, 2.45) is 11.5 Å². The summed E-state index contributed by atoms with van der Waals surface area (Å²) in [7, 11) is 0. The van der Waals surface area contributed by atoms with E-state index in [1.165, 1.54) is 0 Å². The van der Waals surface area contributed by atoms with Crippen LogP contribution in [0.15, 0.2) is 12.2 Å². The molecule has 0 saturated carbocycles. The number of nitrogens with two attached hydrogens (primary N) is 2. The SMILES string of the molecule is C=C(CC(=O)ONCCNCCN)C(=O)ONCCNCCN. The molecule has 10 heteroatoms. The van der Waals surface area contributed by atoms with Crippen LogP contribution in [0.2, 0.25) is 0 Å². The maximum Gasteiger partial charge on any atom is 0.352 e. The van der Waals surface area contributed by atoms with Crippen LogP contribution in [0.3, 0.4) is 0 Å². The molecule has 0 atom stereocenters. The van der Waals surface area contributed by atoms with Crippen LogP contribution in [-0.4, -0.2) is 64.3 Å². The summed E-state index contributed by atoms with van der Waals surface area (Å²) in [6.07, 6.45) is -0.255. The van der Waals surface area contributed by atoms with E-state index < -0.39 is 11.9 Å². The fraction of sp³-hybridized carbons (Fsp3) is 0.692. The fourth-order valence-corrected chi connectivity index (χ4v) is 1.34. The van der Waals surface area contributed by atoms with Gasteiger partial charge in [0.15, 0.2) is 0 Å². The van der Waals surface area contributed by atoms with E-state index in [0.717, 1.165) is 0 Å². The molecule has 134 valence electrons. The molecule has 0 amide bonds. The summed E-state index contributed by atoms with van der Waals surface area (Å²) >= 11 is 0. The summed E-state index contributed by atoms with van der Waals surface area (Å²) in [5, 5.41) is 6.03. The molecule has 0 radical (unpaired) electrons. The van der Waals surface area contributed by atoms with Crippen molar-refractivity contribution in [2.45, 2.75) is 6.42 Å². The first-order valence-electron chi connectivity index (χ1n) is 7.47. The van der Waals surface area contributed by atoms with Gasteiger partial charge < -0.3 is 31.8 Å². The van der Waals surface area contributed by atoms with Crippen LogP contribution in [0.1, 0.15) is 6.42 Å². The topological polar surface area (TPSA) is 153 Å². The van der Waals surface area contributed by atoms with Crippen molar-refractivity contribution in [3.63, 3.8) is 0 Å². The summed E-state index contributed by atoms with van der Waals surface area (Å²) in [5.74, 6) is -1.32. The first-order chi connectivity index (χ1) is 11.1. The lowest BCUT2D eigenvalue weighted by Crippen LogP contribution is -2.33. The third-order valence-electron chi connectivity index (χ3n) is 2.45. The zero-order chi connectivity index (χ0) is 17.3. The van der Waals surface area contributed by atoms with Gasteiger partial charge in [0.1, 0.15) is 0 Å². The molecule has 0 bridgehead atoms. The lowest BCUT2D eigenvalue weighted by atomic mass is 10.2. The van der Waals surface area contributed by atoms with Gasteiger partial charge in [-0.3, -0.25) is 4.79 Å². The Kier molecular flexibility index (Phi) is 14.3. The van der Waals surface area contributed by atoms with Gasteiger partial charge in [0.25, 0.3) is 0 Å². The summed E-state index contributed by atoms with van der Waals surface area (Å²) in [6.45, 7) is 7.99. The van der Waals surface area contributed by atoms with Gasteiger partial charge in [0.05, 0.1) is 6.42 Å². The fourth-order valence-electron chi connectivity index (χ4n) is 1.34. The van der Waals surface area contributed by atoms with Crippen LogP contribution in [0, 0.1) is 0 Å². The van der Waals surface area contributed by atoms with Gasteiger partial charge >= 0.3 is 11.9 Å². The van der Waals surface area contributed by atoms with Gasteiger partial charge in [-0.15, -0.1) is 0 Å². The molecule has 0 heterocycles. The van der Waals surface area contributed by atoms with Crippen LogP contribution < -0.4 is 33.1 Å². The lowest BCUT2D eigenvalue weighted by molar-refractivity contribution is -0.153. The van der Waals surface area contributed by atoms with E-state index in [0.29, 0.717) is 52.4 Å². The molecule has 0 aromatic heterocycles. The summed E-state index contributed by atoms with van der Waals surface area (Å²) in [6, 6.07) is 0. The molecule has 0 saturated heterocycles. The van der Waals surface area contributed by atoms with E-state index in [2.05, 4.69) is 28.2 Å². The van der Waals surface area contributed by atoms with Crippen molar-refractivity contribution in [3.8, 4) is 0 Å². The molecule has 0 spiro atoms. The maximum atomic E-state index is 11.5. The largest absolute Gasteiger partial charge is 0.370 e. The molecule has 0 aliphatic heterocycles. The average molecular weight is 332 g/mol. The Morgan fingerprint density at radius 3 is 1.87 bits per heavy atom. The summed E-state index contributed by atoms with van der Waals surface area (Å²) in [4.78, 5) is 32.5. The smallest absolute Gasteiger partial charge is 0.352 e. The van der Waals surface area contributed by atoms with E-state index in [9.17, 15) is 9.59 Å². The van der Waals surface area contributed by atoms with Crippen LogP contribution >= 0.6 is 0 Å². The zero-order valence-corrected chi connectivity index (χ0v) is 13.4. The van der Waals surface area contributed by atoms with Crippen LogP contribution in [0.5, 0.6) is 0 Å². The molecule has 0 rings (SSSR count). The molecule has 23 heavy (non-hydrogen) atoms. The molecule has 8 N–H and O–H groups in total. The summed E-state index contributed by atoms with van der Waals surface area (Å²) < 4.78 is 0. The minimum atomic E-state index is -0.703. The number of hydrogen-bond acceptors (Lipinski definition) is 10. The van der Waals surface area contributed by atoms with Crippen molar-refractivity contribution in [2.75, 3.05) is 52.4 Å². The minimum Gasteiger partial charge on any atom is -0.370 e. The normalized spacial score (nSPS) is 10.3. The Hall–Kier alpha value is -1.56. The average Bonchev–Trinajstić information content (AvgIpc) is 2.53. The Morgan fingerprint density at radius 1 is 0.826 bits per heavy atom. The first-order valence-corrected chi connectivity index (χ1v) is 7.47. The van der Waals surface area contributed by atoms with Crippen molar-refractivity contribution in [1.82, 2.24) is 21.6 Å². The van der Waals surface area contributed by atoms with Gasteiger partial charge in [-0.2, -0.15) is 11.0 Å². The zero-order valence-electron chi connectivity index (χ0n) is 13.4. The van der Waals surface area contributed by atoms with Gasteiger partial charge in [-0.1, -0.05) is 6.58 Å². The molecule has 0 aromatic rings. The van der Waals surface area contributed by atoms with Crippen molar-refractivity contribution in [1.29, 1.82) is 0 Å². The molecule has 10 nitrogen and oxygen atoms in total. The number of hydrogen-bond donors (Lipinski definition) is 6. The van der Waals surface area contributed by atoms with Crippen molar-refractivity contribution in [3.05, 3.63) is 12.2 Å². The second kappa shape index (κ2) is 15.3. The van der Waals surface area contributed by atoms with Crippen LogP contribution in [0.25, 0.3) is 0 Å². The number of rotatable bonds is 15. The third-order valence-corrected chi connectivity index (χ3v) is 2.45. The van der Waals surface area contributed by atoms with E-state index >= 15 is 0 Å². The Morgan fingerprint density at radius 2 is 1.35 bits per heavy atom. The molecular formula is C13H28N6O4. The Labute approximate surface area is 136 Å². The highest BCUT2D eigenvalue weighted by Crippen LogP contribution is 2.01. The number of carbonyl (C=O) groups is 2. The lowest BCUT2D eigenvalue weighted by Gasteiger charge is -2.09. The monoisotopic (exact) mass is 332 g/mol. The predicted octanol–water partition coefficient (Wildman–Crippen LogP) is -2.88. The van der Waals surface area contributed by atoms with Gasteiger partial charge in [0.2, 0.25) is 0 Å². The van der Waals surface area contributed by atoms with E-state index in [4.69, 9.17) is 21.1 Å². The standard InChI is InChI=1S/C13H28N6O4/c1-11(13(21)23-19-9-7-17-5-3-15)10-12(20)22-18-8-6-16-4-2-14/h16-19H,1-10,14-15H2. The highest BCUT2D eigenvalue weighted by Gasteiger charge is 2.14. The quantitative estimate of drug-likeness (QED) is 0.105. The number of nitrogens with one attached hydrogen (secondary N) is 4. The van der Waals surface area contributed by atoms with E-state index in [-0.39, 0.29) is 12.0 Å².